The molecule has 0 radical (unpaired) electrons. The van der Waals surface area contributed by atoms with Crippen LogP contribution in [0.4, 0.5) is 0 Å². The van der Waals surface area contributed by atoms with Gasteiger partial charge in [0.1, 0.15) is 5.75 Å². The first-order valence-electron chi connectivity index (χ1n) is 5.73. The third-order valence-electron chi connectivity index (χ3n) is 3.05. The van der Waals surface area contributed by atoms with Crippen LogP contribution in [0.25, 0.3) is 0 Å². The van der Waals surface area contributed by atoms with Crippen LogP contribution in [0.2, 0.25) is 0 Å². The van der Waals surface area contributed by atoms with Gasteiger partial charge in [0.05, 0.1) is 6.07 Å². The van der Waals surface area contributed by atoms with Crippen LogP contribution in [0.15, 0.2) is 18.2 Å². The summed E-state index contributed by atoms with van der Waals surface area (Å²) in [4.78, 5) is 0. The number of phenolic OH excluding ortho intramolecular Hbond substituents is 1. The highest BCUT2D eigenvalue weighted by atomic mass is 16.3. The van der Waals surface area contributed by atoms with Crippen molar-refractivity contribution < 1.29 is 5.11 Å². The Bertz CT molecular complexity index is 403. The molecule has 3 heteroatoms. The van der Waals surface area contributed by atoms with E-state index in [1.807, 2.05) is 12.1 Å². The molecule has 1 aromatic carbocycles. The summed E-state index contributed by atoms with van der Waals surface area (Å²) in [7, 11) is 0. The molecule has 1 aliphatic heterocycles. The maximum absolute atomic E-state index is 9.82. The molecule has 0 aromatic heterocycles. The van der Waals surface area contributed by atoms with E-state index in [2.05, 4.69) is 11.4 Å². The molecule has 0 saturated carbocycles. The van der Waals surface area contributed by atoms with Crippen LogP contribution >= 0.6 is 0 Å². The van der Waals surface area contributed by atoms with E-state index in [1.54, 1.807) is 6.07 Å². The lowest BCUT2D eigenvalue weighted by atomic mass is 9.99. The van der Waals surface area contributed by atoms with Gasteiger partial charge in [-0.05, 0) is 37.4 Å². The van der Waals surface area contributed by atoms with Gasteiger partial charge in [-0.1, -0.05) is 12.1 Å². The molecule has 1 aromatic rings. The van der Waals surface area contributed by atoms with Gasteiger partial charge in [0.25, 0.3) is 0 Å². The monoisotopic (exact) mass is 216 g/mol. The molecule has 1 heterocycles. The molecule has 1 saturated heterocycles. The van der Waals surface area contributed by atoms with E-state index < -0.39 is 0 Å². The minimum atomic E-state index is 0.280. The third kappa shape index (κ3) is 2.34. The number of hydrogen-bond acceptors (Lipinski definition) is 3. The molecule has 3 nitrogen and oxygen atoms in total. The third-order valence-corrected chi connectivity index (χ3v) is 3.05. The van der Waals surface area contributed by atoms with Gasteiger partial charge in [0.15, 0.2) is 0 Å². The lowest BCUT2D eigenvalue weighted by Gasteiger charge is -2.13. The maximum Gasteiger partial charge on any atom is 0.120 e. The minimum absolute atomic E-state index is 0.280. The Labute approximate surface area is 95.7 Å². The standard InChI is InChI=1S/C13H16N2O/c14-7-1-3-10-5-6-13(16)11(9-10)12-4-2-8-15-12/h5-6,9,12,15-16H,1-4,8H2/t12-/m0/s1. The van der Waals surface area contributed by atoms with Gasteiger partial charge in [-0.2, -0.15) is 5.26 Å². The van der Waals surface area contributed by atoms with E-state index in [-0.39, 0.29) is 6.04 Å². The fourth-order valence-corrected chi connectivity index (χ4v) is 2.19. The predicted octanol–water partition coefficient (Wildman–Crippen LogP) is 2.27. The van der Waals surface area contributed by atoms with Gasteiger partial charge in [-0.3, -0.25) is 0 Å². The van der Waals surface area contributed by atoms with E-state index in [9.17, 15) is 5.11 Å². The van der Waals surface area contributed by atoms with E-state index in [4.69, 9.17) is 5.26 Å². The molecule has 0 aliphatic carbocycles. The maximum atomic E-state index is 9.82. The van der Waals surface area contributed by atoms with Crippen molar-refractivity contribution in [2.24, 2.45) is 0 Å². The van der Waals surface area contributed by atoms with Crippen LogP contribution in [0, 0.1) is 11.3 Å². The first-order valence-corrected chi connectivity index (χ1v) is 5.73. The van der Waals surface area contributed by atoms with Gasteiger partial charge < -0.3 is 10.4 Å². The molecule has 2 N–H and O–H groups in total. The summed E-state index contributed by atoms with van der Waals surface area (Å²) in [5, 5.41) is 21.7. The summed E-state index contributed by atoms with van der Waals surface area (Å²) in [6, 6.07) is 8.08. The van der Waals surface area contributed by atoms with Crippen molar-refractivity contribution in [1.82, 2.24) is 5.32 Å². The van der Waals surface area contributed by atoms with E-state index in [0.717, 1.165) is 36.9 Å². The Hall–Kier alpha value is -1.53. The normalized spacial score (nSPS) is 19.6. The van der Waals surface area contributed by atoms with E-state index in [1.165, 1.54) is 0 Å². The predicted molar refractivity (Wildman–Crippen MR) is 62.0 cm³/mol. The fraction of sp³-hybridized carbons (Fsp3) is 0.462. The summed E-state index contributed by atoms with van der Waals surface area (Å²) < 4.78 is 0. The number of aryl methyl sites for hydroxylation is 1. The van der Waals surface area contributed by atoms with Crippen molar-refractivity contribution in [1.29, 1.82) is 5.26 Å². The Morgan fingerprint density at radius 1 is 1.50 bits per heavy atom. The molecule has 84 valence electrons. The van der Waals surface area contributed by atoms with Gasteiger partial charge in [0.2, 0.25) is 0 Å². The van der Waals surface area contributed by atoms with Crippen LogP contribution in [-0.4, -0.2) is 11.7 Å². The zero-order valence-corrected chi connectivity index (χ0v) is 9.24. The average molecular weight is 216 g/mol. The number of nitrogens with zero attached hydrogens (tertiary/aromatic N) is 1. The summed E-state index contributed by atoms with van der Waals surface area (Å²) in [6.45, 7) is 1.02. The van der Waals surface area contributed by atoms with Gasteiger partial charge in [0, 0.05) is 18.0 Å². The fourth-order valence-electron chi connectivity index (χ4n) is 2.19. The molecule has 2 rings (SSSR count). The zero-order chi connectivity index (χ0) is 11.4. The second-order valence-electron chi connectivity index (χ2n) is 4.20. The van der Waals surface area contributed by atoms with Crippen LogP contribution in [0.1, 0.15) is 36.4 Å². The number of hydrogen-bond donors (Lipinski definition) is 2. The Kier molecular flexibility index (Phi) is 3.43. The molecule has 0 unspecified atom stereocenters. The molecule has 0 amide bonds. The topological polar surface area (TPSA) is 56.0 Å². The minimum Gasteiger partial charge on any atom is -0.508 e. The van der Waals surface area contributed by atoms with E-state index in [0.29, 0.717) is 12.2 Å². The lowest BCUT2D eigenvalue weighted by Crippen LogP contribution is -2.13. The second kappa shape index (κ2) is 5.00. The number of nitrogens with one attached hydrogen (secondary N) is 1. The van der Waals surface area contributed by atoms with Crippen LogP contribution < -0.4 is 5.32 Å². The molecule has 0 spiro atoms. The molecule has 1 fully saturated rings. The molecular formula is C13H16N2O. The van der Waals surface area contributed by atoms with Crippen molar-refractivity contribution in [3.8, 4) is 11.8 Å². The van der Waals surface area contributed by atoms with Crippen molar-refractivity contribution in [3.63, 3.8) is 0 Å². The number of benzene rings is 1. The number of aromatic hydroxyl groups is 1. The van der Waals surface area contributed by atoms with Crippen LogP contribution in [0.3, 0.4) is 0 Å². The molecule has 1 atom stereocenters. The lowest BCUT2D eigenvalue weighted by molar-refractivity contribution is 0.456. The largest absolute Gasteiger partial charge is 0.508 e. The number of nitriles is 1. The Morgan fingerprint density at radius 3 is 3.06 bits per heavy atom. The highest BCUT2D eigenvalue weighted by Gasteiger charge is 2.19. The van der Waals surface area contributed by atoms with Crippen molar-refractivity contribution in [2.45, 2.75) is 31.7 Å². The van der Waals surface area contributed by atoms with Crippen molar-refractivity contribution >= 4 is 0 Å². The summed E-state index contributed by atoms with van der Waals surface area (Å²) >= 11 is 0. The second-order valence-corrected chi connectivity index (χ2v) is 4.20. The number of phenols is 1. The first kappa shape index (κ1) is 11.0. The van der Waals surface area contributed by atoms with Crippen LogP contribution in [0.5, 0.6) is 5.75 Å². The quantitative estimate of drug-likeness (QED) is 0.815. The first-order chi connectivity index (χ1) is 7.81. The SMILES string of the molecule is N#CCCc1ccc(O)c([C@@H]2CCCN2)c1. The summed E-state index contributed by atoms with van der Waals surface area (Å²) in [5.41, 5.74) is 2.11. The molecule has 1 aliphatic rings. The molecule has 16 heavy (non-hydrogen) atoms. The van der Waals surface area contributed by atoms with Gasteiger partial charge in [-0.15, -0.1) is 0 Å². The van der Waals surface area contributed by atoms with Crippen molar-refractivity contribution in [2.75, 3.05) is 6.54 Å². The Balaban J connectivity index is 2.18. The summed E-state index contributed by atoms with van der Waals surface area (Å²) in [5.74, 6) is 0.361. The smallest absolute Gasteiger partial charge is 0.120 e. The molecular weight excluding hydrogens is 200 g/mol. The van der Waals surface area contributed by atoms with E-state index >= 15 is 0 Å². The average Bonchev–Trinajstić information content (AvgIpc) is 2.81. The highest BCUT2D eigenvalue weighted by molar-refractivity contribution is 5.39. The van der Waals surface area contributed by atoms with Gasteiger partial charge in [-0.25, -0.2) is 0 Å². The van der Waals surface area contributed by atoms with Crippen molar-refractivity contribution in [3.05, 3.63) is 29.3 Å². The molecule has 0 bridgehead atoms. The number of rotatable bonds is 3. The van der Waals surface area contributed by atoms with Crippen LogP contribution in [-0.2, 0) is 6.42 Å². The zero-order valence-electron chi connectivity index (χ0n) is 9.24. The Morgan fingerprint density at radius 2 is 2.38 bits per heavy atom. The van der Waals surface area contributed by atoms with Gasteiger partial charge >= 0.3 is 0 Å². The highest BCUT2D eigenvalue weighted by Crippen LogP contribution is 2.31. The summed E-state index contributed by atoms with van der Waals surface area (Å²) in [6.07, 6.45) is 3.53.